The number of amides is 1. The molecule has 6 nitrogen and oxygen atoms in total. The summed E-state index contributed by atoms with van der Waals surface area (Å²) in [5.74, 6) is 0.650. The zero-order chi connectivity index (χ0) is 23.2. The van der Waals surface area contributed by atoms with Crippen molar-refractivity contribution in [3.8, 4) is 22.7 Å². The first-order valence-corrected chi connectivity index (χ1v) is 10.9. The van der Waals surface area contributed by atoms with Crippen LogP contribution in [0.4, 0.5) is 0 Å². The summed E-state index contributed by atoms with van der Waals surface area (Å²) in [6, 6.07) is 27.5. The van der Waals surface area contributed by atoms with Gasteiger partial charge < -0.3 is 15.0 Å². The van der Waals surface area contributed by atoms with Crippen molar-refractivity contribution in [2.45, 2.75) is 6.04 Å². The van der Waals surface area contributed by atoms with Crippen LogP contribution in [0.5, 0.6) is 5.75 Å². The molecule has 0 aliphatic heterocycles. The van der Waals surface area contributed by atoms with Crippen molar-refractivity contribution in [1.82, 2.24) is 20.0 Å². The van der Waals surface area contributed by atoms with E-state index in [1.54, 1.807) is 18.0 Å². The summed E-state index contributed by atoms with van der Waals surface area (Å²) in [5.41, 5.74) is 4.10. The highest BCUT2D eigenvalue weighted by Crippen LogP contribution is 2.25. The van der Waals surface area contributed by atoms with Crippen LogP contribution in [0.2, 0.25) is 0 Å². The number of ether oxygens (including phenoxy) is 1. The lowest BCUT2D eigenvalue weighted by molar-refractivity contribution is 0.0942. The van der Waals surface area contributed by atoms with Gasteiger partial charge in [0, 0.05) is 18.3 Å². The lowest BCUT2D eigenvalue weighted by Crippen LogP contribution is -2.34. The van der Waals surface area contributed by atoms with Gasteiger partial charge in [-0.05, 0) is 43.9 Å². The average molecular weight is 441 g/mol. The Morgan fingerprint density at radius 3 is 2.21 bits per heavy atom. The van der Waals surface area contributed by atoms with E-state index in [9.17, 15) is 4.79 Å². The lowest BCUT2D eigenvalue weighted by Gasteiger charge is -2.25. The predicted molar refractivity (Wildman–Crippen MR) is 131 cm³/mol. The number of benzene rings is 3. The SMILES string of the molecule is COc1ccc([C@@H](CNC(=O)c2cn(-c3ccccc3)nc2-c2ccccc2)N(C)C)cc1. The molecule has 1 amide bonds. The van der Waals surface area contributed by atoms with E-state index in [1.165, 1.54) is 0 Å². The van der Waals surface area contributed by atoms with Gasteiger partial charge in [0.15, 0.2) is 0 Å². The number of methoxy groups -OCH3 is 1. The van der Waals surface area contributed by atoms with Crippen LogP contribution in [0.25, 0.3) is 16.9 Å². The monoisotopic (exact) mass is 440 g/mol. The number of nitrogens with zero attached hydrogens (tertiary/aromatic N) is 3. The van der Waals surface area contributed by atoms with E-state index in [2.05, 4.69) is 10.2 Å². The first-order chi connectivity index (χ1) is 16.1. The van der Waals surface area contributed by atoms with Gasteiger partial charge in [0.1, 0.15) is 11.4 Å². The molecule has 0 aliphatic carbocycles. The van der Waals surface area contributed by atoms with Gasteiger partial charge in [-0.1, -0.05) is 60.7 Å². The van der Waals surface area contributed by atoms with Gasteiger partial charge in [0.25, 0.3) is 5.91 Å². The molecule has 33 heavy (non-hydrogen) atoms. The van der Waals surface area contributed by atoms with Crippen molar-refractivity contribution >= 4 is 5.91 Å². The Labute approximate surface area is 194 Å². The van der Waals surface area contributed by atoms with Crippen LogP contribution >= 0.6 is 0 Å². The molecule has 0 saturated carbocycles. The van der Waals surface area contributed by atoms with Crippen molar-refractivity contribution in [3.63, 3.8) is 0 Å². The number of para-hydroxylation sites is 1. The fourth-order valence-corrected chi connectivity index (χ4v) is 3.77. The lowest BCUT2D eigenvalue weighted by atomic mass is 10.0. The van der Waals surface area contributed by atoms with Gasteiger partial charge in [-0.2, -0.15) is 5.10 Å². The van der Waals surface area contributed by atoms with Crippen LogP contribution in [0.15, 0.2) is 91.1 Å². The second-order valence-corrected chi connectivity index (χ2v) is 8.00. The topological polar surface area (TPSA) is 59.4 Å². The van der Waals surface area contributed by atoms with Crippen LogP contribution in [-0.4, -0.2) is 48.3 Å². The van der Waals surface area contributed by atoms with Gasteiger partial charge in [-0.25, -0.2) is 4.68 Å². The molecule has 0 saturated heterocycles. The van der Waals surface area contributed by atoms with Crippen LogP contribution in [0.1, 0.15) is 22.0 Å². The zero-order valence-electron chi connectivity index (χ0n) is 19.1. The van der Waals surface area contributed by atoms with E-state index in [0.717, 1.165) is 22.6 Å². The minimum Gasteiger partial charge on any atom is -0.497 e. The van der Waals surface area contributed by atoms with Crippen molar-refractivity contribution in [1.29, 1.82) is 0 Å². The largest absolute Gasteiger partial charge is 0.497 e. The second kappa shape index (κ2) is 10.1. The van der Waals surface area contributed by atoms with Crippen molar-refractivity contribution in [2.24, 2.45) is 0 Å². The molecule has 0 unspecified atom stereocenters. The van der Waals surface area contributed by atoms with Crippen LogP contribution < -0.4 is 10.1 Å². The van der Waals surface area contributed by atoms with Crippen LogP contribution in [0, 0.1) is 0 Å². The summed E-state index contributed by atoms with van der Waals surface area (Å²) in [4.78, 5) is 15.4. The molecule has 0 fully saturated rings. The Hall–Kier alpha value is -3.90. The maximum absolute atomic E-state index is 13.3. The number of carbonyl (C=O) groups is 1. The second-order valence-electron chi connectivity index (χ2n) is 8.00. The molecular formula is C27H28N4O2. The Kier molecular flexibility index (Phi) is 6.86. The molecule has 0 radical (unpaired) electrons. The standard InChI is InChI=1S/C27H28N4O2/c1-30(2)25(20-14-16-23(33-3)17-15-20)18-28-27(32)24-19-31(22-12-8-5-9-13-22)29-26(24)21-10-6-4-7-11-21/h4-17,19,25H,18H2,1-3H3,(H,28,32)/t25-/m1/s1. The molecule has 0 bridgehead atoms. The molecule has 1 heterocycles. The van der Waals surface area contributed by atoms with Crippen LogP contribution in [-0.2, 0) is 0 Å². The van der Waals surface area contributed by atoms with E-state index in [0.29, 0.717) is 17.8 Å². The first-order valence-electron chi connectivity index (χ1n) is 10.9. The normalized spacial score (nSPS) is 11.9. The average Bonchev–Trinajstić information content (AvgIpc) is 3.31. The molecule has 4 aromatic rings. The Balaban J connectivity index is 1.60. The molecule has 1 atom stereocenters. The number of hydrogen-bond donors (Lipinski definition) is 1. The van der Waals surface area contributed by atoms with E-state index in [1.807, 2.05) is 99.0 Å². The summed E-state index contributed by atoms with van der Waals surface area (Å²) >= 11 is 0. The van der Waals surface area contributed by atoms with Gasteiger partial charge in [-0.15, -0.1) is 0 Å². The number of aromatic nitrogens is 2. The number of carbonyl (C=O) groups excluding carboxylic acids is 1. The van der Waals surface area contributed by atoms with Gasteiger partial charge in [-0.3, -0.25) is 4.79 Å². The Morgan fingerprint density at radius 1 is 0.970 bits per heavy atom. The maximum Gasteiger partial charge on any atom is 0.255 e. The molecule has 3 aromatic carbocycles. The Bertz CT molecular complexity index is 1190. The smallest absolute Gasteiger partial charge is 0.255 e. The number of rotatable bonds is 8. The third-order valence-electron chi connectivity index (χ3n) is 5.61. The minimum atomic E-state index is -0.156. The fraction of sp³-hybridized carbons (Fsp3) is 0.185. The van der Waals surface area contributed by atoms with Gasteiger partial charge in [0.05, 0.1) is 24.4 Å². The fourth-order valence-electron chi connectivity index (χ4n) is 3.77. The molecule has 0 spiro atoms. The summed E-state index contributed by atoms with van der Waals surface area (Å²) in [6.07, 6.45) is 1.80. The highest BCUT2D eigenvalue weighted by atomic mass is 16.5. The van der Waals surface area contributed by atoms with E-state index >= 15 is 0 Å². The van der Waals surface area contributed by atoms with Crippen molar-refractivity contribution < 1.29 is 9.53 Å². The number of likely N-dealkylation sites (N-methyl/N-ethyl adjacent to an activating group) is 1. The Morgan fingerprint density at radius 2 is 1.61 bits per heavy atom. The molecule has 6 heteroatoms. The quantitative estimate of drug-likeness (QED) is 0.436. The third-order valence-corrected chi connectivity index (χ3v) is 5.61. The summed E-state index contributed by atoms with van der Waals surface area (Å²) in [7, 11) is 5.66. The first kappa shape index (κ1) is 22.3. The maximum atomic E-state index is 13.3. The number of nitrogens with one attached hydrogen (secondary N) is 1. The van der Waals surface area contributed by atoms with Crippen molar-refractivity contribution in [2.75, 3.05) is 27.7 Å². The molecule has 4 rings (SSSR count). The molecule has 1 N–H and O–H groups in total. The predicted octanol–water partition coefficient (Wildman–Crippen LogP) is 4.58. The summed E-state index contributed by atoms with van der Waals surface area (Å²) < 4.78 is 7.02. The van der Waals surface area contributed by atoms with Crippen LogP contribution in [0.3, 0.4) is 0 Å². The van der Waals surface area contributed by atoms with Gasteiger partial charge >= 0.3 is 0 Å². The molecule has 1 aromatic heterocycles. The molecule has 0 aliphatic rings. The van der Waals surface area contributed by atoms with Crippen molar-refractivity contribution in [3.05, 3.63) is 102 Å². The molecule has 168 valence electrons. The van der Waals surface area contributed by atoms with Gasteiger partial charge in [0.2, 0.25) is 0 Å². The minimum absolute atomic E-state index is 0.0178. The zero-order valence-corrected chi connectivity index (χ0v) is 19.1. The third kappa shape index (κ3) is 5.13. The highest BCUT2D eigenvalue weighted by Gasteiger charge is 2.21. The van der Waals surface area contributed by atoms with E-state index in [-0.39, 0.29) is 11.9 Å². The highest BCUT2D eigenvalue weighted by molar-refractivity contribution is 6.00. The summed E-state index contributed by atoms with van der Waals surface area (Å²) in [5, 5.41) is 7.86. The van der Waals surface area contributed by atoms with E-state index < -0.39 is 0 Å². The number of hydrogen-bond acceptors (Lipinski definition) is 4. The molecular weight excluding hydrogens is 412 g/mol. The summed E-state index contributed by atoms with van der Waals surface area (Å²) in [6.45, 7) is 0.461. The van der Waals surface area contributed by atoms with E-state index in [4.69, 9.17) is 9.84 Å².